The number of aromatic nitrogens is 2. The molecule has 2 rings (SSSR count). The maximum absolute atomic E-state index is 13.7. The van der Waals surface area contributed by atoms with Crippen LogP contribution in [0.5, 0.6) is 0 Å². The van der Waals surface area contributed by atoms with Gasteiger partial charge >= 0.3 is 0 Å². The molecule has 0 spiro atoms. The Morgan fingerprint density at radius 1 is 1.35 bits per heavy atom. The second-order valence-corrected chi connectivity index (χ2v) is 4.89. The van der Waals surface area contributed by atoms with Crippen LogP contribution in [0.4, 0.5) is 4.39 Å². The quantitative estimate of drug-likeness (QED) is 0.936. The summed E-state index contributed by atoms with van der Waals surface area (Å²) >= 11 is 0. The van der Waals surface area contributed by atoms with Crippen molar-refractivity contribution >= 4 is 5.91 Å². The van der Waals surface area contributed by atoms with Gasteiger partial charge in [-0.05, 0) is 26.8 Å². The number of carbonyl (C=O) groups excluding carboxylic acids is 1. The number of hydrogen-bond donors (Lipinski definition) is 1. The SMILES string of the molecule is Cc1nn(C)c(C)c1C(=O)NC(C)c1ccccc1F. The number of rotatable bonds is 3. The molecule has 5 heteroatoms. The van der Waals surface area contributed by atoms with Crippen LogP contribution in [0, 0.1) is 19.7 Å². The van der Waals surface area contributed by atoms with Crippen molar-refractivity contribution in [3.05, 3.63) is 52.6 Å². The van der Waals surface area contributed by atoms with Gasteiger partial charge in [-0.1, -0.05) is 18.2 Å². The molecule has 1 amide bonds. The van der Waals surface area contributed by atoms with E-state index < -0.39 is 6.04 Å². The zero-order valence-corrected chi connectivity index (χ0v) is 12.1. The van der Waals surface area contributed by atoms with Gasteiger partial charge in [0.2, 0.25) is 0 Å². The van der Waals surface area contributed by atoms with Gasteiger partial charge in [0, 0.05) is 18.3 Å². The Bertz CT molecular complexity index is 649. The smallest absolute Gasteiger partial charge is 0.255 e. The Morgan fingerprint density at radius 3 is 2.55 bits per heavy atom. The highest BCUT2D eigenvalue weighted by Gasteiger charge is 2.20. The van der Waals surface area contributed by atoms with E-state index in [0.29, 0.717) is 16.8 Å². The number of nitrogens with one attached hydrogen (secondary N) is 1. The Balaban J connectivity index is 2.22. The summed E-state index contributed by atoms with van der Waals surface area (Å²) in [6.07, 6.45) is 0. The average molecular weight is 275 g/mol. The van der Waals surface area contributed by atoms with Crippen molar-refractivity contribution in [3.63, 3.8) is 0 Å². The lowest BCUT2D eigenvalue weighted by Crippen LogP contribution is -2.28. The minimum Gasteiger partial charge on any atom is -0.345 e. The van der Waals surface area contributed by atoms with Gasteiger partial charge < -0.3 is 5.32 Å². The van der Waals surface area contributed by atoms with E-state index in [1.165, 1.54) is 6.07 Å². The first kappa shape index (κ1) is 14.2. The number of nitrogens with zero attached hydrogens (tertiary/aromatic N) is 2. The number of amides is 1. The van der Waals surface area contributed by atoms with Crippen LogP contribution in [0.1, 0.15) is 40.3 Å². The first-order chi connectivity index (χ1) is 9.41. The summed E-state index contributed by atoms with van der Waals surface area (Å²) in [4.78, 5) is 12.3. The van der Waals surface area contributed by atoms with Gasteiger partial charge in [-0.25, -0.2) is 4.39 Å². The Labute approximate surface area is 117 Å². The van der Waals surface area contributed by atoms with E-state index in [0.717, 1.165) is 5.69 Å². The molecule has 1 N–H and O–H groups in total. The highest BCUT2D eigenvalue weighted by Crippen LogP contribution is 2.18. The van der Waals surface area contributed by atoms with E-state index in [-0.39, 0.29) is 11.7 Å². The fourth-order valence-corrected chi connectivity index (χ4v) is 2.28. The summed E-state index contributed by atoms with van der Waals surface area (Å²) in [5.74, 6) is -0.552. The van der Waals surface area contributed by atoms with E-state index in [2.05, 4.69) is 10.4 Å². The topological polar surface area (TPSA) is 46.9 Å². The van der Waals surface area contributed by atoms with Crippen LogP contribution in [0.25, 0.3) is 0 Å². The third kappa shape index (κ3) is 2.57. The summed E-state index contributed by atoms with van der Waals surface area (Å²) in [6.45, 7) is 5.38. The van der Waals surface area contributed by atoms with E-state index in [1.54, 1.807) is 43.8 Å². The second-order valence-electron chi connectivity index (χ2n) is 4.89. The lowest BCUT2D eigenvalue weighted by molar-refractivity contribution is 0.0938. The van der Waals surface area contributed by atoms with Crippen molar-refractivity contribution in [2.24, 2.45) is 7.05 Å². The standard InChI is InChI=1S/C15H18FN3O/c1-9(12-7-5-6-8-13(12)16)17-15(20)14-10(2)18-19(4)11(14)3/h5-9H,1-4H3,(H,17,20). The average Bonchev–Trinajstić information content (AvgIpc) is 2.63. The van der Waals surface area contributed by atoms with E-state index >= 15 is 0 Å². The Hall–Kier alpha value is -2.17. The van der Waals surface area contributed by atoms with Crippen LogP contribution < -0.4 is 5.32 Å². The number of aryl methyl sites for hydroxylation is 2. The highest BCUT2D eigenvalue weighted by atomic mass is 19.1. The van der Waals surface area contributed by atoms with Crippen LogP contribution in [0.2, 0.25) is 0 Å². The predicted molar refractivity (Wildman–Crippen MR) is 75.0 cm³/mol. The summed E-state index contributed by atoms with van der Waals surface area (Å²) in [7, 11) is 1.79. The molecule has 0 bridgehead atoms. The van der Waals surface area contributed by atoms with Crippen LogP contribution in [-0.4, -0.2) is 15.7 Å². The molecule has 1 heterocycles. The Kier molecular flexibility index (Phi) is 3.88. The van der Waals surface area contributed by atoms with Crippen LogP contribution in [0.3, 0.4) is 0 Å². The van der Waals surface area contributed by atoms with Gasteiger partial charge in [0.1, 0.15) is 5.82 Å². The number of benzene rings is 1. The molecule has 1 aromatic carbocycles. The molecule has 4 nitrogen and oxygen atoms in total. The fourth-order valence-electron chi connectivity index (χ4n) is 2.28. The zero-order chi connectivity index (χ0) is 14.9. The van der Waals surface area contributed by atoms with Gasteiger partial charge in [0.15, 0.2) is 0 Å². The number of carbonyl (C=O) groups is 1. The van der Waals surface area contributed by atoms with Crippen LogP contribution in [-0.2, 0) is 7.05 Å². The molecule has 20 heavy (non-hydrogen) atoms. The van der Waals surface area contributed by atoms with Crippen LogP contribution in [0.15, 0.2) is 24.3 Å². The van der Waals surface area contributed by atoms with Crippen molar-refractivity contribution in [2.45, 2.75) is 26.8 Å². The van der Waals surface area contributed by atoms with Gasteiger partial charge in [0.25, 0.3) is 5.91 Å². The fraction of sp³-hybridized carbons (Fsp3) is 0.333. The van der Waals surface area contributed by atoms with Crippen LogP contribution >= 0.6 is 0 Å². The normalized spacial score (nSPS) is 12.2. The molecular formula is C15H18FN3O. The molecule has 0 aliphatic heterocycles. The lowest BCUT2D eigenvalue weighted by Gasteiger charge is -2.15. The maximum atomic E-state index is 13.7. The molecule has 1 atom stereocenters. The lowest BCUT2D eigenvalue weighted by atomic mass is 10.1. The zero-order valence-electron chi connectivity index (χ0n) is 12.1. The molecule has 0 radical (unpaired) electrons. The molecule has 0 aliphatic carbocycles. The molecular weight excluding hydrogens is 257 g/mol. The second kappa shape index (κ2) is 5.45. The monoisotopic (exact) mass is 275 g/mol. The number of halogens is 1. The minimum atomic E-state index is -0.400. The first-order valence-corrected chi connectivity index (χ1v) is 6.47. The van der Waals surface area contributed by atoms with E-state index in [9.17, 15) is 9.18 Å². The molecule has 0 fully saturated rings. The largest absolute Gasteiger partial charge is 0.345 e. The summed E-state index contributed by atoms with van der Waals surface area (Å²) < 4.78 is 15.4. The van der Waals surface area contributed by atoms with Crippen molar-refractivity contribution in [2.75, 3.05) is 0 Å². The summed E-state index contributed by atoms with van der Waals surface area (Å²) in [5, 5.41) is 7.03. The molecule has 106 valence electrons. The maximum Gasteiger partial charge on any atom is 0.255 e. The van der Waals surface area contributed by atoms with Gasteiger partial charge in [-0.2, -0.15) is 5.10 Å². The summed E-state index contributed by atoms with van der Waals surface area (Å²) in [6, 6.07) is 6.04. The van der Waals surface area contributed by atoms with E-state index in [1.807, 2.05) is 6.92 Å². The molecule has 2 aromatic rings. The van der Waals surface area contributed by atoms with Gasteiger partial charge in [0.05, 0.1) is 17.3 Å². The van der Waals surface area contributed by atoms with Gasteiger partial charge in [-0.15, -0.1) is 0 Å². The molecule has 0 saturated heterocycles. The minimum absolute atomic E-state index is 0.233. The van der Waals surface area contributed by atoms with Crippen molar-refractivity contribution in [3.8, 4) is 0 Å². The first-order valence-electron chi connectivity index (χ1n) is 6.47. The van der Waals surface area contributed by atoms with Crippen molar-refractivity contribution in [1.29, 1.82) is 0 Å². The molecule has 0 saturated carbocycles. The molecule has 1 unspecified atom stereocenters. The summed E-state index contributed by atoms with van der Waals surface area (Å²) in [5.41, 5.74) is 2.49. The Morgan fingerprint density at radius 2 is 2.00 bits per heavy atom. The molecule has 1 aromatic heterocycles. The third-order valence-corrected chi connectivity index (χ3v) is 3.46. The highest BCUT2D eigenvalue weighted by molar-refractivity contribution is 5.96. The number of hydrogen-bond acceptors (Lipinski definition) is 2. The van der Waals surface area contributed by atoms with Gasteiger partial charge in [-0.3, -0.25) is 9.48 Å². The van der Waals surface area contributed by atoms with Crippen molar-refractivity contribution in [1.82, 2.24) is 15.1 Å². The molecule has 0 aliphatic rings. The predicted octanol–water partition coefficient (Wildman–Crippen LogP) is 2.67. The third-order valence-electron chi connectivity index (χ3n) is 3.46. The van der Waals surface area contributed by atoms with Crippen molar-refractivity contribution < 1.29 is 9.18 Å². The van der Waals surface area contributed by atoms with E-state index in [4.69, 9.17) is 0 Å².